The summed E-state index contributed by atoms with van der Waals surface area (Å²) in [5.74, 6) is 0.136. The largest absolute Gasteiger partial charge is 0.497 e. The lowest BCUT2D eigenvalue weighted by Gasteiger charge is -2.21. The van der Waals surface area contributed by atoms with Gasteiger partial charge in [0.05, 0.1) is 18.8 Å². The van der Waals surface area contributed by atoms with Crippen LogP contribution in [-0.2, 0) is 0 Å². The molecule has 1 atom stereocenters. The van der Waals surface area contributed by atoms with Gasteiger partial charge in [0.25, 0.3) is 0 Å². The van der Waals surface area contributed by atoms with E-state index in [4.69, 9.17) is 33.7 Å². The molecule has 21 heavy (non-hydrogen) atoms. The van der Waals surface area contributed by atoms with E-state index in [2.05, 4.69) is 5.32 Å². The molecule has 0 amide bonds. The maximum atomic E-state index is 13.9. The van der Waals surface area contributed by atoms with E-state index in [1.807, 2.05) is 0 Å². The van der Waals surface area contributed by atoms with Crippen LogP contribution >= 0.6 is 23.2 Å². The number of methoxy groups -OCH3 is 1. The standard InChI is InChI=1S/C15H15Cl2FN2O/c1-21-9-5-6-12(18)13(7-9)20-14(8-19)15-10(16)3-2-4-11(15)17/h2-7,14,20H,8,19H2,1H3. The normalized spacial score (nSPS) is 12.0. The lowest BCUT2D eigenvalue weighted by molar-refractivity contribution is 0.414. The monoisotopic (exact) mass is 328 g/mol. The molecule has 0 aliphatic heterocycles. The van der Waals surface area contributed by atoms with E-state index in [0.717, 1.165) is 0 Å². The molecule has 2 aromatic carbocycles. The second-order valence-electron chi connectivity index (χ2n) is 4.41. The Balaban J connectivity index is 2.36. The zero-order valence-electron chi connectivity index (χ0n) is 11.4. The molecule has 0 aliphatic carbocycles. The van der Waals surface area contributed by atoms with Crippen molar-refractivity contribution < 1.29 is 9.13 Å². The number of anilines is 1. The van der Waals surface area contributed by atoms with Gasteiger partial charge in [-0.3, -0.25) is 0 Å². The van der Waals surface area contributed by atoms with Crippen LogP contribution in [0.1, 0.15) is 11.6 Å². The fraction of sp³-hybridized carbons (Fsp3) is 0.200. The molecule has 6 heteroatoms. The van der Waals surface area contributed by atoms with Crippen molar-refractivity contribution in [3.8, 4) is 5.75 Å². The van der Waals surface area contributed by atoms with Gasteiger partial charge in [-0.2, -0.15) is 0 Å². The summed E-state index contributed by atoms with van der Waals surface area (Å²) in [6.45, 7) is 0.208. The first-order valence-corrected chi connectivity index (χ1v) is 7.06. The lowest BCUT2D eigenvalue weighted by atomic mass is 10.1. The van der Waals surface area contributed by atoms with Gasteiger partial charge in [0.2, 0.25) is 0 Å². The van der Waals surface area contributed by atoms with E-state index < -0.39 is 11.9 Å². The van der Waals surface area contributed by atoms with Crippen LogP contribution in [0, 0.1) is 5.82 Å². The molecule has 112 valence electrons. The molecule has 0 radical (unpaired) electrons. The molecule has 0 spiro atoms. The maximum absolute atomic E-state index is 13.9. The molecule has 2 aromatic rings. The van der Waals surface area contributed by atoms with Crippen LogP contribution in [0.25, 0.3) is 0 Å². The average Bonchev–Trinajstić information content (AvgIpc) is 2.47. The van der Waals surface area contributed by atoms with Crippen molar-refractivity contribution in [2.24, 2.45) is 5.73 Å². The van der Waals surface area contributed by atoms with Crippen LogP contribution in [0.2, 0.25) is 10.0 Å². The molecular formula is C15H15Cl2FN2O. The topological polar surface area (TPSA) is 47.3 Å². The van der Waals surface area contributed by atoms with Crippen molar-refractivity contribution >= 4 is 28.9 Å². The Morgan fingerprint density at radius 3 is 2.48 bits per heavy atom. The highest BCUT2D eigenvalue weighted by molar-refractivity contribution is 6.36. The third-order valence-electron chi connectivity index (χ3n) is 3.09. The SMILES string of the molecule is COc1ccc(F)c(NC(CN)c2c(Cl)cccc2Cl)c1. The van der Waals surface area contributed by atoms with Crippen molar-refractivity contribution in [1.82, 2.24) is 0 Å². The summed E-state index contributed by atoms with van der Waals surface area (Å²) in [6.07, 6.45) is 0. The van der Waals surface area contributed by atoms with Crippen LogP contribution in [-0.4, -0.2) is 13.7 Å². The third kappa shape index (κ3) is 3.59. The Hall–Kier alpha value is -1.49. The Morgan fingerprint density at radius 1 is 1.24 bits per heavy atom. The summed E-state index contributed by atoms with van der Waals surface area (Å²) in [6, 6.07) is 9.19. The number of rotatable bonds is 5. The molecule has 2 rings (SSSR count). The molecule has 3 nitrogen and oxygen atoms in total. The van der Waals surface area contributed by atoms with Crippen molar-refractivity contribution in [1.29, 1.82) is 0 Å². The van der Waals surface area contributed by atoms with Gasteiger partial charge in [-0.25, -0.2) is 4.39 Å². The van der Waals surface area contributed by atoms with Crippen LogP contribution in [0.4, 0.5) is 10.1 Å². The van der Waals surface area contributed by atoms with Crippen LogP contribution < -0.4 is 15.8 Å². The van der Waals surface area contributed by atoms with E-state index in [1.165, 1.54) is 13.2 Å². The Bertz CT molecular complexity index is 617. The summed E-state index contributed by atoms with van der Waals surface area (Å²) in [7, 11) is 1.52. The summed E-state index contributed by atoms with van der Waals surface area (Å²) in [5.41, 5.74) is 6.70. The molecule has 0 saturated carbocycles. The zero-order valence-corrected chi connectivity index (χ0v) is 12.9. The molecule has 1 unspecified atom stereocenters. The van der Waals surface area contributed by atoms with E-state index in [0.29, 0.717) is 21.4 Å². The van der Waals surface area contributed by atoms with Crippen LogP contribution in [0.15, 0.2) is 36.4 Å². The zero-order chi connectivity index (χ0) is 15.4. The van der Waals surface area contributed by atoms with Gasteiger partial charge in [0.15, 0.2) is 0 Å². The maximum Gasteiger partial charge on any atom is 0.146 e. The van der Waals surface area contributed by atoms with Gasteiger partial charge in [-0.05, 0) is 24.3 Å². The summed E-state index contributed by atoms with van der Waals surface area (Å²) >= 11 is 12.3. The van der Waals surface area contributed by atoms with Crippen LogP contribution in [0.3, 0.4) is 0 Å². The number of hydrogen-bond acceptors (Lipinski definition) is 3. The van der Waals surface area contributed by atoms with Gasteiger partial charge in [-0.1, -0.05) is 29.3 Å². The van der Waals surface area contributed by atoms with Gasteiger partial charge in [0, 0.05) is 28.2 Å². The van der Waals surface area contributed by atoms with Crippen molar-refractivity contribution in [3.05, 3.63) is 57.8 Å². The predicted octanol–water partition coefficient (Wildman–Crippen LogP) is 4.25. The molecule has 0 bridgehead atoms. The van der Waals surface area contributed by atoms with Gasteiger partial charge >= 0.3 is 0 Å². The second-order valence-corrected chi connectivity index (χ2v) is 5.23. The Labute approximate surface area is 132 Å². The molecular weight excluding hydrogens is 314 g/mol. The smallest absolute Gasteiger partial charge is 0.146 e. The van der Waals surface area contributed by atoms with E-state index in [9.17, 15) is 4.39 Å². The minimum absolute atomic E-state index is 0.208. The number of nitrogens with one attached hydrogen (secondary N) is 1. The van der Waals surface area contributed by atoms with Crippen molar-refractivity contribution in [2.75, 3.05) is 19.0 Å². The number of hydrogen-bond donors (Lipinski definition) is 2. The minimum Gasteiger partial charge on any atom is -0.497 e. The number of halogens is 3. The predicted molar refractivity (Wildman–Crippen MR) is 84.8 cm³/mol. The van der Waals surface area contributed by atoms with E-state index >= 15 is 0 Å². The third-order valence-corrected chi connectivity index (χ3v) is 3.75. The first kappa shape index (κ1) is 15.9. The van der Waals surface area contributed by atoms with Gasteiger partial charge < -0.3 is 15.8 Å². The van der Waals surface area contributed by atoms with Gasteiger partial charge in [0.1, 0.15) is 11.6 Å². The first-order chi connectivity index (χ1) is 10.1. The van der Waals surface area contributed by atoms with E-state index in [1.54, 1.807) is 30.3 Å². The number of nitrogens with two attached hydrogens (primary N) is 1. The number of ether oxygens (including phenoxy) is 1. The van der Waals surface area contributed by atoms with E-state index in [-0.39, 0.29) is 12.2 Å². The molecule has 0 saturated heterocycles. The van der Waals surface area contributed by atoms with Gasteiger partial charge in [-0.15, -0.1) is 0 Å². The fourth-order valence-electron chi connectivity index (χ4n) is 2.02. The highest BCUT2D eigenvalue weighted by atomic mass is 35.5. The highest BCUT2D eigenvalue weighted by Gasteiger charge is 2.18. The second kappa shape index (κ2) is 6.98. The minimum atomic E-state index is -0.409. The molecule has 0 aromatic heterocycles. The number of benzene rings is 2. The highest BCUT2D eigenvalue weighted by Crippen LogP contribution is 2.33. The van der Waals surface area contributed by atoms with Crippen molar-refractivity contribution in [2.45, 2.75) is 6.04 Å². The molecule has 0 heterocycles. The molecule has 3 N–H and O–H groups in total. The average molecular weight is 329 g/mol. The summed E-state index contributed by atoms with van der Waals surface area (Å²) in [4.78, 5) is 0. The fourth-order valence-corrected chi connectivity index (χ4v) is 2.68. The molecule has 0 aliphatic rings. The molecule has 0 fully saturated rings. The quantitative estimate of drug-likeness (QED) is 0.862. The lowest BCUT2D eigenvalue weighted by Crippen LogP contribution is -2.22. The Morgan fingerprint density at radius 2 is 1.90 bits per heavy atom. The first-order valence-electron chi connectivity index (χ1n) is 6.31. The van der Waals surface area contributed by atoms with Crippen molar-refractivity contribution in [3.63, 3.8) is 0 Å². The summed E-state index contributed by atoms with van der Waals surface area (Å²) in [5, 5.41) is 3.98. The van der Waals surface area contributed by atoms with Crippen LogP contribution in [0.5, 0.6) is 5.75 Å². The summed E-state index contributed by atoms with van der Waals surface area (Å²) < 4.78 is 19.0. The Kier molecular flexibility index (Phi) is 5.28.